The van der Waals surface area contributed by atoms with Crippen molar-refractivity contribution < 1.29 is 23.7 Å². The Labute approximate surface area is 166 Å². The third-order valence-electron chi connectivity index (χ3n) is 5.27. The molecular formula is C20H23FN2O6. The third kappa shape index (κ3) is 4.04. The summed E-state index contributed by atoms with van der Waals surface area (Å²) in [6.07, 6.45) is -0.540. The molecule has 29 heavy (non-hydrogen) atoms. The molecule has 2 saturated heterocycles. The lowest BCUT2D eigenvalue weighted by atomic mass is 10.1. The molecule has 0 bridgehead atoms. The standard InChI is InChI=1S/C20H23FN2O6/c21-14-10-22(20(26)23(19(14)25)17-7-4-8-27-17)18-9-15(16(11-24)29-18)28-12-13-5-2-1-3-6-13/h1-3,5-6,10,15-18,24H,4,7-9,11-12H2/t15-,16+,17?,18+/m0/s1. The molecule has 0 spiro atoms. The van der Waals surface area contributed by atoms with E-state index in [1.807, 2.05) is 30.3 Å². The molecule has 2 aromatic rings. The van der Waals surface area contributed by atoms with Crippen molar-refractivity contribution in [1.29, 1.82) is 0 Å². The summed E-state index contributed by atoms with van der Waals surface area (Å²) in [4.78, 5) is 25.1. The van der Waals surface area contributed by atoms with Gasteiger partial charge in [0.2, 0.25) is 5.82 Å². The predicted octanol–water partition coefficient (Wildman–Crippen LogP) is 1.32. The van der Waals surface area contributed by atoms with Crippen LogP contribution in [-0.2, 0) is 20.8 Å². The van der Waals surface area contributed by atoms with Gasteiger partial charge in [-0.3, -0.25) is 9.36 Å². The van der Waals surface area contributed by atoms with E-state index in [1.165, 1.54) is 0 Å². The molecule has 4 atom stereocenters. The molecule has 1 aromatic carbocycles. The SMILES string of the molecule is O=c1c(F)cn([C@H]2C[C@H](OCc3ccccc3)[C@@H](CO)O2)c(=O)n1C1CCCO1. The quantitative estimate of drug-likeness (QED) is 0.778. The Balaban J connectivity index is 1.57. The van der Waals surface area contributed by atoms with E-state index in [0.29, 0.717) is 26.1 Å². The van der Waals surface area contributed by atoms with Gasteiger partial charge in [-0.1, -0.05) is 30.3 Å². The van der Waals surface area contributed by atoms with Crippen LogP contribution in [0.2, 0.25) is 0 Å². The zero-order valence-corrected chi connectivity index (χ0v) is 15.8. The Morgan fingerprint density at radius 3 is 2.69 bits per heavy atom. The van der Waals surface area contributed by atoms with Crippen LogP contribution in [0.4, 0.5) is 4.39 Å². The molecular weight excluding hydrogens is 383 g/mol. The summed E-state index contributed by atoms with van der Waals surface area (Å²) >= 11 is 0. The van der Waals surface area contributed by atoms with Gasteiger partial charge in [-0.2, -0.15) is 4.39 Å². The van der Waals surface area contributed by atoms with Crippen molar-refractivity contribution >= 4 is 0 Å². The van der Waals surface area contributed by atoms with E-state index in [2.05, 4.69) is 0 Å². The van der Waals surface area contributed by atoms with Gasteiger partial charge in [-0.05, 0) is 18.4 Å². The zero-order valence-electron chi connectivity index (χ0n) is 15.8. The van der Waals surface area contributed by atoms with Crippen molar-refractivity contribution in [3.63, 3.8) is 0 Å². The van der Waals surface area contributed by atoms with Gasteiger partial charge < -0.3 is 19.3 Å². The minimum atomic E-state index is -1.06. The van der Waals surface area contributed by atoms with Crippen LogP contribution < -0.4 is 11.2 Å². The molecule has 3 heterocycles. The Kier molecular flexibility index (Phi) is 5.91. The number of aliphatic hydroxyl groups is 1. The van der Waals surface area contributed by atoms with Gasteiger partial charge in [0, 0.05) is 13.0 Å². The number of nitrogens with zero attached hydrogens (tertiary/aromatic N) is 2. The van der Waals surface area contributed by atoms with E-state index in [-0.39, 0.29) is 13.0 Å². The molecule has 4 rings (SSSR count). The van der Waals surface area contributed by atoms with Crippen LogP contribution >= 0.6 is 0 Å². The highest BCUT2D eigenvalue weighted by Crippen LogP contribution is 2.30. The highest BCUT2D eigenvalue weighted by Gasteiger charge is 2.38. The van der Waals surface area contributed by atoms with Crippen LogP contribution in [0.1, 0.15) is 37.3 Å². The number of hydrogen-bond acceptors (Lipinski definition) is 6. The van der Waals surface area contributed by atoms with Crippen LogP contribution in [0.5, 0.6) is 0 Å². The maximum atomic E-state index is 14.3. The molecule has 0 radical (unpaired) electrons. The molecule has 2 aliphatic rings. The first-order valence-corrected chi connectivity index (χ1v) is 9.65. The molecule has 0 saturated carbocycles. The zero-order chi connectivity index (χ0) is 20.4. The fourth-order valence-corrected chi connectivity index (χ4v) is 3.77. The summed E-state index contributed by atoms with van der Waals surface area (Å²) in [6.45, 7) is 0.421. The maximum absolute atomic E-state index is 14.3. The number of hydrogen-bond donors (Lipinski definition) is 1. The minimum Gasteiger partial charge on any atom is -0.394 e. The van der Waals surface area contributed by atoms with Crippen LogP contribution in [-0.4, -0.2) is 39.7 Å². The monoisotopic (exact) mass is 406 g/mol. The second-order valence-electron chi connectivity index (χ2n) is 7.19. The van der Waals surface area contributed by atoms with E-state index < -0.39 is 41.7 Å². The van der Waals surface area contributed by atoms with Gasteiger partial charge in [0.05, 0.1) is 25.5 Å². The molecule has 1 aromatic heterocycles. The maximum Gasteiger partial charge on any atom is 0.335 e. The molecule has 156 valence electrons. The number of halogens is 1. The summed E-state index contributed by atoms with van der Waals surface area (Å²) in [6, 6.07) is 9.52. The lowest BCUT2D eigenvalue weighted by molar-refractivity contribution is -0.0668. The first-order valence-electron chi connectivity index (χ1n) is 9.65. The summed E-state index contributed by atoms with van der Waals surface area (Å²) in [5.41, 5.74) is -0.747. The van der Waals surface area contributed by atoms with Crippen LogP contribution in [0.15, 0.2) is 46.1 Å². The van der Waals surface area contributed by atoms with Crippen molar-refractivity contribution in [3.8, 4) is 0 Å². The average molecular weight is 406 g/mol. The van der Waals surface area contributed by atoms with E-state index >= 15 is 0 Å². The Morgan fingerprint density at radius 1 is 1.21 bits per heavy atom. The van der Waals surface area contributed by atoms with Gasteiger partial charge in [0.25, 0.3) is 5.56 Å². The number of aliphatic hydroxyl groups excluding tert-OH is 1. The topological polar surface area (TPSA) is 91.9 Å². The van der Waals surface area contributed by atoms with E-state index in [9.17, 15) is 19.1 Å². The smallest absolute Gasteiger partial charge is 0.335 e. The highest BCUT2D eigenvalue weighted by molar-refractivity contribution is 5.13. The fourth-order valence-electron chi connectivity index (χ4n) is 3.77. The van der Waals surface area contributed by atoms with Crippen molar-refractivity contribution in [2.45, 2.75) is 50.5 Å². The molecule has 9 heteroatoms. The van der Waals surface area contributed by atoms with E-state index in [1.54, 1.807) is 0 Å². The highest BCUT2D eigenvalue weighted by atomic mass is 19.1. The number of rotatable bonds is 6. The molecule has 8 nitrogen and oxygen atoms in total. The third-order valence-corrected chi connectivity index (χ3v) is 5.27. The minimum absolute atomic E-state index is 0.237. The van der Waals surface area contributed by atoms with E-state index in [4.69, 9.17) is 14.2 Å². The van der Waals surface area contributed by atoms with Crippen molar-refractivity contribution in [2.75, 3.05) is 13.2 Å². The Morgan fingerprint density at radius 2 is 2.00 bits per heavy atom. The molecule has 1 N–H and O–H groups in total. The normalized spacial score (nSPS) is 26.8. The van der Waals surface area contributed by atoms with Crippen molar-refractivity contribution in [1.82, 2.24) is 9.13 Å². The summed E-state index contributed by atoms with van der Waals surface area (Å²) in [5, 5.41) is 9.65. The van der Waals surface area contributed by atoms with Crippen LogP contribution in [0.25, 0.3) is 0 Å². The lowest BCUT2D eigenvalue weighted by Gasteiger charge is -2.19. The van der Waals surface area contributed by atoms with Crippen LogP contribution in [0, 0.1) is 5.82 Å². The summed E-state index contributed by atoms with van der Waals surface area (Å²) in [7, 11) is 0. The van der Waals surface area contributed by atoms with Gasteiger partial charge >= 0.3 is 5.69 Å². The van der Waals surface area contributed by atoms with Gasteiger partial charge in [0.15, 0.2) is 0 Å². The second-order valence-corrected chi connectivity index (χ2v) is 7.19. The predicted molar refractivity (Wildman–Crippen MR) is 99.8 cm³/mol. The van der Waals surface area contributed by atoms with Crippen molar-refractivity contribution in [2.24, 2.45) is 0 Å². The molecule has 0 aliphatic carbocycles. The fraction of sp³-hybridized carbons (Fsp3) is 0.500. The molecule has 2 fully saturated rings. The summed E-state index contributed by atoms with van der Waals surface area (Å²) < 4.78 is 33.2. The molecule has 2 aliphatic heterocycles. The summed E-state index contributed by atoms with van der Waals surface area (Å²) in [5.74, 6) is -1.06. The van der Waals surface area contributed by atoms with Crippen LogP contribution in [0.3, 0.4) is 0 Å². The van der Waals surface area contributed by atoms with Gasteiger partial charge in [0.1, 0.15) is 18.6 Å². The first-order chi connectivity index (χ1) is 14.1. The van der Waals surface area contributed by atoms with Crippen molar-refractivity contribution in [3.05, 3.63) is 68.7 Å². The second kappa shape index (κ2) is 8.58. The number of aromatic nitrogens is 2. The van der Waals surface area contributed by atoms with E-state index in [0.717, 1.165) is 20.9 Å². The van der Waals surface area contributed by atoms with Gasteiger partial charge in [-0.15, -0.1) is 0 Å². The Bertz CT molecular complexity index is 954. The average Bonchev–Trinajstić information content (AvgIpc) is 3.40. The Hall–Kier alpha value is -2.33. The first kappa shape index (κ1) is 20.0. The number of benzene rings is 1. The van der Waals surface area contributed by atoms with Gasteiger partial charge in [-0.25, -0.2) is 9.36 Å². The largest absolute Gasteiger partial charge is 0.394 e. The number of ether oxygens (including phenoxy) is 3. The lowest BCUT2D eigenvalue weighted by Crippen LogP contribution is -2.44. The molecule has 0 amide bonds. The molecule has 1 unspecified atom stereocenters.